The third-order valence-corrected chi connectivity index (χ3v) is 9.13. The highest BCUT2D eigenvalue weighted by molar-refractivity contribution is 6.14. The number of anilines is 2. The fraction of sp³-hybridized carbons (Fsp3) is 0.478. The molecule has 21 heteroatoms. The third-order valence-electron chi connectivity index (χ3n) is 9.13. The Morgan fingerprint density at radius 2 is 1.13 bits per heavy atom. The molecule has 2 heterocycles. The smallest absolute Gasteiger partial charge is 0.427 e. The van der Waals surface area contributed by atoms with Crippen LogP contribution in [0.25, 0.3) is 22.3 Å². The van der Waals surface area contributed by atoms with Gasteiger partial charge in [0.2, 0.25) is 11.9 Å². The largest absolute Gasteiger partial charge is 0.480 e. The molecule has 2 aromatic heterocycles. The number of hydrogen-bond acceptors (Lipinski definition) is 15. The number of carbonyl (C=O) groups excluding carboxylic acids is 6. The van der Waals surface area contributed by atoms with Gasteiger partial charge in [-0.1, -0.05) is 48.5 Å². The van der Waals surface area contributed by atoms with Gasteiger partial charge in [-0.3, -0.25) is 9.59 Å². The van der Waals surface area contributed by atoms with Gasteiger partial charge in [0.05, 0.1) is 6.33 Å². The molecule has 0 saturated carbocycles. The highest BCUT2D eigenvalue weighted by Crippen LogP contribution is 2.44. The number of imidazole rings is 1. The van der Waals surface area contributed by atoms with E-state index in [-0.39, 0.29) is 36.8 Å². The number of aromatic nitrogens is 4. The summed E-state index contributed by atoms with van der Waals surface area (Å²) in [5.74, 6) is -3.81. The summed E-state index contributed by atoms with van der Waals surface area (Å²) in [4.78, 5) is 109. The maximum Gasteiger partial charge on any atom is 0.427 e. The van der Waals surface area contributed by atoms with Crippen LogP contribution >= 0.6 is 0 Å². The topological polar surface area (TPSA) is 251 Å². The molecule has 2 N–H and O–H groups in total. The van der Waals surface area contributed by atoms with E-state index < -0.39 is 89.6 Å². The predicted molar refractivity (Wildman–Crippen MR) is 243 cm³/mol. The summed E-state index contributed by atoms with van der Waals surface area (Å²) in [6, 6.07) is 15.7. The molecule has 4 aromatic rings. The van der Waals surface area contributed by atoms with E-state index in [2.05, 4.69) is 20.3 Å². The average Bonchev–Trinajstić information content (AvgIpc) is 3.72. The number of rotatable bonds is 11. The van der Waals surface area contributed by atoms with Gasteiger partial charge in [0.15, 0.2) is 17.0 Å². The standard InChI is InChI=1S/C46H58N8O13/c1-43(2,3)64-39(59)53(40(60)65-44(4,5)6)36-34-35(49-37(50-36)54(41(61)66-45(7,8)9)42(62)67-46(10,11)12)52(26-48-34)23-32(55)51(24-33(56)57)22-21-47-38(58)63-25-31-29-19-15-13-17-27(29)28-18-14-16-20-30(28)31/h13-20,26,31H,21-25H2,1-12H3,(H,47,58)(H,56,57). The van der Waals surface area contributed by atoms with Gasteiger partial charge in [0, 0.05) is 19.0 Å². The average molecular weight is 931 g/mol. The summed E-state index contributed by atoms with van der Waals surface area (Å²) in [6.07, 6.45) is -4.92. The van der Waals surface area contributed by atoms with Crippen molar-refractivity contribution in [2.75, 3.05) is 36.0 Å². The van der Waals surface area contributed by atoms with Crippen molar-refractivity contribution >= 4 is 65.3 Å². The number of nitrogens with zero attached hydrogens (tertiary/aromatic N) is 7. The maximum absolute atomic E-state index is 14.0. The quantitative estimate of drug-likeness (QED) is 0.137. The van der Waals surface area contributed by atoms with Gasteiger partial charge in [-0.25, -0.2) is 29.0 Å². The zero-order valence-corrected chi connectivity index (χ0v) is 39.8. The number of carboxylic acids is 1. The van der Waals surface area contributed by atoms with E-state index in [9.17, 15) is 38.7 Å². The Hall–Kier alpha value is -7.32. The normalized spacial score (nSPS) is 12.6. The molecule has 0 fully saturated rings. The number of alkyl carbamates (subject to hydrolysis) is 1. The molecule has 1 aliphatic rings. The number of benzene rings is 2. The molecule has 21 nitrogen and oxygen atoms in total. The van der Waals surface area contributed by atoms with Crippen LogP contribution in [0.2, 0.25) is 0 Å². The highest BCUT2D eigenvalue weighted by atomic mass is 16.6. The van der Waals surface area contributed by atoms with E-state index in [0.717, 1.165) is 38.0 Å². The maximum atomic E-state index is 14.0. The third kappa shape index (κ3) is 13.4. The van der Waals surface area contributed by atoms with Gasteiger partial charge < -0.3 is 43.6 Å². The molecule has 6 amide bonds. The molecule has 0 spiro atoms. The molecule has 360 valence electrons. The fourth-order valence-electron chi connectivity index (χ4n) is 6.65. The molecule has 5 rings (SSSR count). The first kappa shape index (κ1) is 50.7. The Morgan fingerprint density at radius 3 is 1.60 bits per heavy atom. The molecule has 1 aliphatic carbocycles. The summed E-state index contributed by atoms with van der Waals surface area (Å²) in [5.41, 5.74) is -1.23. The number of hydrogen-bond donors (Lipinski definition) is 2. The molecule has 0 radical (unpaired) electrons. The summed E-state index contributed by atoms with van der Waals surface area (Å²) >= 11 is 0. The molecule has 0 aliphatic heterocycles. The van der Waals surface area contributed by atoms with Crippen molar-refractivity contribution in [3.05, 3.63) is 66.0 Å². The van der Waals surface area contributed by atoms with Crippen LogP contribution < -0.4 is 15.1 Å². The van der Waals surface area contributed by atoms with Gasteiger partial charge in [-0.05, 0) is 105 Å². The first-order valence-electron chi connectivity index (χ1n) is 21.4. The number of carboxylic acid groups (broad SMARTS) is 1. The van der Waals surface area contributed by atoms with Crippen LogP contribution in [0, 0.1) is 0 Å². The monoisotopic (exact) mass is 930 g/mol. The Morgan fingerprint density at radius 1 is 0.672 bits per heavy atom. The number of fused-ring (bicyclic) bond motifs is 4. The Labute approximate surface area is 387 Å². The number of ether oxygens (including phenoxy) is 5. The number of amides is 6. The lowest BCUT2D eigenvalue weighted by Gasteiger charge is -2.29. The predicted octanol–water partition coefficient (Wildman–Crippen LogP) is 7.63. The van der Waals surface area contributed by atoms with Crippen molar-refractivity contribution in [2.24, 2.45) is 0 Å². The van der Waals surface area contributed by atoms with Gasteiger partial charge >= 0.3 is 36.4 Å². The highest BCUT2D eigenvalue weighted by Gasteiger charge is 2.40. The van der Waals surface area contributed by atoms with Crippen LogP contribution in [0.1, 0.15) is 100 Å². The lowest BCUT2D eigenvalue weighted by atomic mass is 9.98. The second-order valence-corrected chi connectivity index (χ2v) is 19.4. The minimum Gasteiger partial charge on any atom is -0.480 e. The van der Waals surface area contributed by atoms with E-state index >= 15 is 0 Å². The van der Waals surface area contributed by atoms with Crippen molar-refractivity contribution in [3.63, 3.8) is 0 Å². The lowest BCUT2D eigenvalue weighted by molar-refractivity contribution is -0.144. The summed E-state index contributed by atoms with van der Waals surface area (Å²) in [7, 11) is 0. The lowest BCUT2D eigenvalue weighted by Crippen LogP contribution is -2.46. The number of aliphatic carboxylic acids is 1. The zero-order valence-electron chi connectivity index (χ0n) is 39.8. The minimum absolute atomic E-state index is 0.0235. The van der Waals surface area contributed by atoms with Crippen LogP contribution in [-0.4, -0.2) is 121 Å². The van der Waals surface area contributed by atoms with Crippen molar-refractivity contribution in [3.8, 4) is 11.1 Å². The van der Waals surface area contributed by atoms with E-state index in [0.29, 0.717) is 9.80 Å². The number of carbonyl (C=O) groups is 7. The molecular weight excluding hydrogens is 873 g/mol. The first-order valence-corrected chi connectivity index (χ1v) is 21.4. The molecule has 0 unspecified atom stereocenters. The van der Waals surface area contributed by atoms with Crippen molar-refractivity contribution < 1.29 is 62.4 Å². The summed E-state index contributed by atoms with van der Waals surface area (Å²) < 4.78 is 28.9. The summed E-state index contributed by atoms with van der Waals surface area (Å²) in [6.45, 7) is 16.6. The van der Waals surface area contributed by atoms with Crippen LogP contribution in [-0.2, 0) is 39.8 Å². The van der Waals surface area contributed by atoms with Crippen LogP contribution in [0.3, 0.4) is 0 Å². The van der Waals surface area contributed by atoms with Gasteiger partial charge in [-0.2, -0.15) is 14.9 Å². The van der Waals surface area contributed by atoms with E-state index in [1.807, 2.05) is 48.5 Å². The SMILES string of the molecule is CC(C)(C)OC(=O)N(C(=O)OC(C)(C)C)c1nc(N(C(=O)OC(C)(C)C)C(=O)OC(C)(C)C)c2ncn(CC(=O)N(CCNC(=O)OCC3c4ccccc4-c4ccccc43)CC(=O)O)c2n1. The van der Waals surface area contributed by atoms with E-state index in [1.165, 1.54) is 41.5 Å². The Kier molecular flexibility index (Phi) is 14.9. The molecule has 0 saturated heterocycles. The van der Waals surface area contributed by atoms with Gasteiger partial charge in [0.25, 0.3) is 0 Å². The fourth-order valence-corrected chi connectivity index (χ4v) is 6.65. The second kappa shape index (κ2) is 19.6. The van der Waals surface area contributed by atoms with Gasteiger partial charge in [0.1, 0.15) is 42.1 Å². The second-order valence-electron chi connectivity index (χ2n) is 19.4. The molecule has 2 aromatic carbocycles. The molecule has 0 atom stereocenters. The first-order chi connectivity index (χ1) is 31.0. The molecular formula is C46H58N8O13. The number of imide groups is 2. The minimum atomic E-state index is -1.37. The van der Waals surface area contributed by atoms with Crippen LogP contribution in [0.5, 0.6) is 0 Å². The van der Waals surface area contributed by atoms with Crippen molar-refractivity contribution in [1.82, 2.24) is 29.7 Å². The van der Waals surface area contributed by atoms with E-state index in [1.54, 1.807) is 41.5 Å². The zero-order chi connectivity index (χ0) is 49.8. The Bertz CT molecular complexity index is 2450. The van der Waals surface area contributed by atoms with Crippen LogP contribution in [0.4, 0.5) is 35.7 Å². The van der Waals surface area contributed by atoms with Gasteiger partial charge in [-0.15, -0.1) is 4.90 Å². The Balaban J connectivity index is 1.49. The summed E-state index contributed by atoms with van der Waals surface area (Å²) in [5, 5.41) is 12.4. The van der Waals surface area contributed by atoms with Crippen LogP contribution in [0.15, 0.2) is 54.9 Å². The molecule has 0 bridgehead atoms. The van der Waals surface area contributed by atoms with Crippen molar-refractivity contribution in [2.45, 2.75) is 118 Å². The van der Waals surface area contributed by atoms with E-state index in [4.69, 9.17) is 23.7 Å². The van der Waals surface area contributed by atoms with Crippen molar-refractivity contribution in [1.29, 1.82) is 0 Å². The molecule has 67 heavy (non-hydrogen) atoms. The number of nitrogens with one attached hydrogen (secondary N) is 1.